The van der Waals surface area contributed by atoms with E-state index in [-0.39, 0.29) is 5.56 Å². The van der Waals surface area contributed by atoms with Gasteiger partial charge in [-0.15, -0.1) is 0 Å². The van der Waals surface area contributed by atoms with Crippen molar-refractivity contribution >= 4 is 44.0 Å². The topological polar surface area (TPSA) is 63.2 Å². The SMILES string of the molecule is O=C(Nc1ccccc1I)c1ccc(S(=O)(=O)C(F)F)cc1. The van der Waals surface area contributed by atoms with Gasteiger partial charge in [-0.3, -0.25) is 4.79 Å². The lowest BCUT2D eigenvalue weighted by molar-refractivity contribution is 0.102. The molecule has 0 aliphatic carbocycles. The minimum absolute atomic E-state index is 0.174. The van der Waals surface area contributed by atoms with Gasteiger partial charge in [0.15, 0.2) is 0 Å². The molecular formula is C14H10F2INO3S. The van der Waals surface area contributed by atoms with Crippen molar-refractivity contribution in [3.8, 4) is 0 Å². The lowest BCUT2D eigenvalue weighted by atomic mass is 10.2. The molecule has 2 aromatic carbocycles. The van der Waals surface area contributed by atoms with E-state index in [1.54, 1.807) is 12.1 Å². The third-order valence-corrected chi connectivity index (χ3v) is 5.14. The molecule has 2 aromatic rings. The Balaban J connectivity index is 2.21. The summed E-state index contributed by atoms with van der Waals surface area (Å²) in [6.07, 6.45) is 0. The first-order chi connectivity index (χ1) is 10.3. The van der Waals surface area contributed by atoms with Gasteiger partial charge in [-0.1, -0.05) is 12.1 Å². The third-order valence-electron chi connectivity index (χ3n) is 2.80. The number of hydrogen-bond acceptors (Lipinski definition) is 3. The number of benzene rings is 2. The van der Waals surface area contributed by atoms with E-state index in [0.717, 1.165) is 15.7 Å². The average Bonchev–Trinajstić information content (AvgIpc) is 2.49. The van der Waals surface area contributed by atoms with E-state index in [4.69, 9.17) is 0 Å². The molecule has 22 heavy (non-hydrogen) atoms. The molecule has 116 valence electrons. The Labute approximate surface area is 139 Å². The van der Waals surface area contributed by atoms with Crippen LogP contribution in [0.5, 0.6) is 0 Å². The molecule has 0 aliphatic rings. The summed E-state index contributed by atoms with van der Waals surface area (Å²) in [5, 5.41) is 2.66. The highest BCUT2D eigenvalue weighted by molar-refractivity contribution is 14.1. The molecule has 4 nitrogen and oxygen atoms in total. The maximum absolute atomic E-state index is 12.4. The van der Waals surface area contributed by atoms with Crippen LogP contribution < -0.4 is 5.32 Å². The molecule has 0 aromatic heterocycles. The van der Waals surface area contributed by atoms with Crippen LogP contribution in [0, 0.1) is 3.57 Å². The zero-order valence-corrected chi connectivity index (χ0v) is 13.9. The number of alkyl halides is 2. The van der Waals surface area contributed by atoms with Gasteiger partial charge < -0.3 is 5.32 Å². The van der Waals surface area contributed by atoms with Gasteiger partial charge in [0.05, 0.1) is 10.6 Å². The lowest BCUT2D eigenvalue weighted by Gasteiger charge is -2.08. The van der Waals surface area contributed by atoms with Crippen molar-refractivity contribution in [2.75, 3.05) is 5.32 Å². The second-order valence-corrected chi connectivity index (χ2v) is 7.34. The number of para-hydroxylation sites is 1. The van der Waals surface area contributed by atoms with E-state index >= 15 is 0 Å². The van der Waals surface area contributed by atoms with Crippen LogP contribution in [0.25, 0.3) is 0 Å². The van der Waals surface area contributed by atoms with Gasteiger partial charge in [0, 0.05) is 9.13 Å². The maximum Gasteiger partial charge on any atom is 0.341 e. The van der Waals surface area contributed by atoms with Crippen molar-refractivity contribution in [2.45, 2.75) is 10.7 Å². The van der Waals surface area contributed by atoms with Crippen molar-refractivity contribution in [1.29, 1.82) is 0 Å². The molecule has 0 radical (unpaired) electrons. The van der Waals surface area contributed by atoms with Crippen LogP contribution in [-0.4, -0.2) is 20.1 Å². The third kappa shape index (κ3) is 3.61. The summed E-state index contributed by atoms with van der Waals surface area (Å²) in [5.74, 6) is -3.94. The van der Waals surface area contributed by atoms with Crippen molar-refractivity contribution in [1.82, 2.24) is 0 Å². The fraction of sp³-hybridized carbons (Fsp3) is 0.0714. The molecule has 0 aliphatic heterocycles. The second kappa shape index (κ2) is 6.69. The number of amides is 1. The monoisotopic (exact) mass is 437 g/mol. The van der Waals surface area contributed by atoms with E-state index in [9.17, 15) is 22.0 Å². The molecule has 1 N–H and O–H groups in total. The van der Waals surface area contributed by atoms with E-state index in [0.29, 0.717) is 5.69 Å². The fourth-order valence-corrected chi connectivity index (χ4v) is 2.90. The fourth-order valence-electron chi connectivity index (χ4n) is 1.66. The molecule has 0 saturated carbocycles. The Hall–Kier alpha value is -1.55. The predicted molar refractivity (Wildman–Crippen MR) is 86.7 cm³/mol. The molecule has 1 amide bonds. The van der Waals surface area contributed by atoms with Gasteiger partial charge in [-0.05, 0) is 59.0 Å². The Morgan fingerprint density at radius 1 is 1.05 bits per heavy atom. The van der Waals surface area contributed by atoms with Gasteiger partial charge in [-0.25, -0.2) is 8.42 Å². The number of anilines is 1. The number of carbonyl (C=O) groups is 1. The summed E-state index contributed by atoms with van der Waals surface area (Å²) >= 11 is 2.06. The van der Waals surface area contributed by atoms with E-state index < -0.39 is 26.4 Å². The van der Waals surface area contributed by atoms with E-state index in [2.05, 4.69) is 27.9 Å². The van der Waals surface area contributed by atoms with Gasteiger partial charge >= 0.3 is 5.76 Å². The molecule has 0 heterocycles. The van der Waals surface area contributed by atoms with Crippen LogP contribution in [0.3, 0.4) is 0 Å². The average molecular weight is 437 g/mol. The van der Waals surface area contributed by atoms with Crippen molar-refractivity contribution in [3.05, 3.63) is 57.7 Å². The Morgan fingerprint density at radius 2 is 1.64 bits per heavy atom. The molecule has 0 spiro atoms. The molecule has 0 atom stereocenters. The molecule has 0 unspecified atom stereocenters. The van der Waals surface area contributed by atoms with Crippen LogP contribution >= 0.6 is 22.6 Å². The Bertz CT molecular complexity index is 792. The standard InChI is InChI=1S/C14H10F2INO3S/c15-14(16)22(20,21)10-7-5-9(6-8-10)13(19)18-12-4-2-1-3-11(12)17/h1-8,14H,(H,18,19). The minimum atomic E-state index is -4.65. The number of nitrogens with one attached hydrogen (secondary N) is 1. The van der Waals surface area contributed by atoms with Crippen molar-refractivity contribution in [2.24, 2.45) is 0 Å². The summed E-state index contributed by atoms with van der Waals surface area (Å²) in [7, 11) is -4.65. The predicted octanol–water partition coefficient (Wildman–Crippen LogP) is 3.54. The number of sulfone groups is 1. The smallest absolute Gasteiger partial charge is 0.321 e. The molecule has 0 fully saturated rings. The zero-order chi connectivity index (χ0) is 16.3. The normalized spacial score (nSPS) is 11.5. The highest BCUT2D eigenvalue weighted by atomic mass is 127. The summed E-state index contributed by atoms with van der Waals surface area (Å²) in [4.78, 5) is 11.5. The van der Waals surface area contributed by atoms with Gasteiger partial charge in [0.2, 0.25) is 9.84 Å². The van der Waals surface area contributed by atoms with Gasteiger partial charge in [0.25, 0.3) is 5.91 Å². The lowest BCUT2D eigenvalue weighted by Crippen LogP contribution is -2.14. The number of carbonyl (C=O) groups excluding carboxylic acids is 1. The van der Waals surface area contributed by atoms with Crippen LogP contribution in [0.15, 0.2) is 53.4 Å². The Kier molecular flexibility index (Phi) is 5.12. The molecule has 0 bridgehead atoms. The first kappa shape index (κ1) is 16.8. The molecule has 8 heteroatoms. The Morgan fingerprint density at radius 3 is 2.18 bits per heavy atom. The second-order valence-electron chi connectivity index (χ2n) is 4.26. The van der Waals surface area contributed by atoms with E-state index in [1.165, 1.54) is 12.1 Å². The van der Waals surface area contributed by atoms with Crippen LogP contribution in [-0.2, 0) is 9.84 Å². The summed E-state index contributed by atoms with van der Waals surface area (Å²) in [6, 6.07) is 11.5. The van der Waals surface area contributed by atoms with Crippen LogP contribution in [0.2, 0.25) is 0 Å². The molecular weight excluding hydrogens is 427 g/mol. The zero-order valence-electron chi connectivity index (χ0n) is 11.0. The summed E-state index contributed by atoms with van der Waals surface area (Å²) < 4.78 is 48.3. The van der Waals surface area contributed by atoms with Crippen molar-refractivity contribution in [3.63, 3.8) is 0 Å². The highest BCUT2D eigenvalue weighted by Gasteiger charge is 2.26. The van der Waals surface area contributed by atoms with Crippen LogP contribution in [0.1, 0.15) is 10.4 Å². The van der Waals surface area contributed by atoms with Gasteiger partial charge in [-0.2, -0.15) is 8.78 Å². The largest absolute Gasteiger partial charge is 0.341 e. The van der Waals surface area contributed by atoms with E-state index in [1.807, 2.05) is 12.1 Å². The van der Waals surface area contributed by atoms with Gasteiger partial charge in [0.1, 0.15) is 0 Å². The summed E-state index contributed by atoms with van der Waals surface area (Å²) in [5.41, 5.74) is 0.783. The quantitative estimate of drug-likeness (QED) is 0.745. The summed E-state index contributed by atoms with van der Waals surface area (Å²) in [6.45, 7) is 0. The number of hydrogen-bond donors (Lipinski definition) is 1. The number of halogens is 3. The highest BCUT2D eigenvalue weighted by Crippen LogP contribution is 2.20. The first-order valence-electron chi connectivity index (χ1n) is 6.00. The van der Waals surface area contributed by atoms with Crippen LogP contribution in [0.4, 0.5) is 14.5 Å². The number of rotatable bonds is 4. The maximum atomic E-state index is 12.4. The molecule has 2 rings (SSSR count). The molecule has 0 saturated heterocycles. The minimum Gasteiger partial charge on any atom is -0.321 e. The first-order valence-corrected chi connectivity index (χ1v) is 8.63. The van der Waals surface area contributed by atoms with Crippen molar-refractivity contribution < 1.29 is 22.0 Å².